The molecule has 1 aromatic carbocycles. The molecule has 0 saturated carbocycles. The summed E-state index contributed by atoms with van der Waals surface area (Å²) in [4.78, 5) is 0. The van der Waals surface area contributed by atoms with Gasteiger partial charge in [-0.15, -0.1) is 6.42 Å². The fourth-order valence-corrected chi connectivity index (χ4v) is 1.99. The van der Waals surface area contributed by atoms with Crippen LogP contribution in [0.15, 0.2) is 34.9 Å². The van der Waals surface area contributed by atoms with E-state index in [1.165, 1.54) is 10.9 Å². The molecule has 0 unspecified atom stereocenters. The second-order valence-electron chi connectivity index (χ2n) is 2.82. The number of terminal acetylenes is 1. The summed E-state index contributed by atoms with van der Waals surface area (Å²) in [5.74, 6) is 2.64. The summed E-state index contributed by atoms with van der Waals surface area (Å²) in [7, 11) is 0. The van der Waals surface area contributed by atoms with Crippen LogP contribution in [0.1, 0.15) is 0 Å². The van der Waals surface area contributed by atoms with E-state index >= 15 is 0 Å². The minimum atomic E-state index is 0.605. The van der Waals surface area contributed by atoms with Gasteiger partial charge in [0, 0.05) is 10.9 Å². The minimum absolute atomic E-state index is 0.605. The molecule has 0 aliphatic heterocycles. The lowest BCUT2D eigenvalue weighted by atomic mass is 10.2. The van der Waals surface area contributed by atoms with Gasteiger partial charge in [-0.1, -0.05) is 24.1 Å². The van der Waals surface area contributed by atoms with Crippen molar-refractivity contribution in [2.24, 2.45) is 0 Å². The highest BCUT2D eigenvalue weighted by Gasteiger charge is 2.03. The van der Waals surface area contributed by atoms with Crippen LogP contribution in [0.4, 0.5) is 0 Å². The second-order valence-corrected chi connectivity index (χ2v) is 3.63. The zero-order valence-corrected chi connectivity index (χ0v) is 8.58. The van der Waals surface area contributed by atoms with Crippen LogP contribution in [0, 0.1) is 12.3 Å². The molecule has 0 radical (unpaired) electrons. The quantitative estimate of drug-likeness (QED) is 0.668. The summed E-state index contributed by atoms with van der Waals surface area (Å²) < 4.78 is 3.10. The van der Waals surface area contributed by atoms with E-state index < -0.39 is 0 Å². The van der Waals surface area contributed by atoms with Gasteiger partial charge in [0.05, 0.1) is 11.1 Å². The highest BCUT2D eigenvalue weighted by atomic mass is 79.9. The van der Waals surface area contributed by atoms with Gasteiger partial charge < -0.3 is 4.57 Å². The molecule has 1 nitrogen and oxygen atoms in total. The Morgan fingerprint density at radius 2 is 2.15 bits per heavy atom. The molecule has 0 aliphatic rings. The predicted molar refractivity (Wildman–Crippen MR) is 58.5 cm³/mol. The normalized spacial score (nSPS) is 10.2. The number of nitrogens with zero attached hydrogens (tertiary/aromatic N) is 1. The molecule has 13 heavy (non-hydrogen) atoms. The molecule has 1 aromatic heterocycles. The lowest BCUT2D eigenvalue weighted by molar-refractivity contribution is 0.863. The largest absolute Gasteiger partial charge is 0.323 e. The highest BCUT2D eigenvalue weighted by Crippen LogP contribution is 2.23. The maximum absolute atomic E-state index is 5.29. The molecule has 0 fully saturated rings. The molecule has 0 aliphatic carbocycles. The minimum Gasteiger partial charge on any atom is -0.323 e. The number of aromatic nitrogens is 1. The zero-order chi connectivity index (χ0) is 9.26. The summed E-state index contributed by atoms with van der Waals surface area (Å²) in [5, 5.41) is 1.21. The SMILES string of the molecule is C#CCn1c(Br)cc2ccccc21. The Labute approximate surface area is 85.5 Å². The molecule has 2 heteroatoms. The van der Waals surface area contributed by atoms with Crippen LogP contribution < -0.4 is 0 Å². The van der Waals surface area contributed by atoms with E-state index in [1.807, 2.05) is 12.1 Å². The zero-order valence-electron chi connectivity index (χ0n) is 7.00. The maximum atomic E-state index is 5.29. The van der Waals surface area contributed by atoms with Crippen molar-refractivity contribution in [1.29, 1.82) is 0 Å². The number of fused-ring (bicyclic) bond motifs is 1. The van der Waals surface area contributed by atoms with Crippen LogP contribution in [-0.4, -0.2) is 4.57 Å². The number of hydrogen-bond donors (Lipinski definition) is 0. The van der Waals surface area contributed by atoms with Crippen LogP contribution in [0.3, 0.4) is 0 Å². The van der Waals surface area contributed by atoms with Crippen molar-refractivity contribution in [2.45, 2.75) is 6.54 Å². The van der Waals surface area contributed by atoms with Gasteiger partial charge in [0.1, 0.15) is 0 Å². The van der Waals surface area contributed by atoms with E-state index in [2.05, 4.69) is 44.6 Å². The van der Waals surface area contributed by atoms with Crippen LogP contribution in [0.5, 0.6) is 0 Å². The number of para-hydroxylation sites is 1. The van der Waals surface area contributed by atoms with Crippen molar-refractivity contribution < 1.29 is 0 Å². The molecular weight excluding hydrogens is 226 g/mol. The van der Waals surface area contributed by atoms with E-state index in [0.29, 0.717) is 6.54 Å². The van der Waals surface area contributed by atoms with Crippen molar-refractivity contribution in [1.82, 2.24) is 4.57 Å². The van der Waals surface area contributed by atoms with Crippen molar-refractivity contribution in [2.75, 3.05) is 0 Å². The van der Waals surface area contributed by atoms with Crippen molar-refractivity contribution in [3.8, 4) is 12.3 Å². The van der Waals surface area contributed by atoms with Crippen molar-refractivity contribution in [3.63, 3.8) is 0 Å². The van der Waals surface area contributed by atoms with Crippen LogP contribution >= 0.6 is 15.9 Å². The summed E-state index contributed by atoms with van der Waals surface area (Å²) in [6, 6.07) is 10.3. The lowest BCUT2D eigenvalue weighted by Gasteiger charge is -2.00. The molecule has 0 bridgehead atoms. The Kier molecular flexibility index (Phi) is 2.12. The smallest absolute Gasteiger partial charge is 0.0866 e. The van der Waals surface area contributed by atoms with Gasteiger partial charge in [0.2, 0.25) is 0 Å². The van der Waals surface area contributed by atoms with E-state index in [0.717, 1.165) is 4.60 Å². The number of rotatable bonds is 1. The van der Waals surface area contributed by atoms with Gasteiger partial charge in [0.25, 0.3) is 0 Å². The number of hydrogen-bond acceptors (Lipinski definition) is 0. The monoisotopic (exact) mass is 233 g/mol. The third-order valence-electron chi connectivity index (χ3n) is 2.01. The van der Waals surface area contributed by atoms with Crippen molar-refractivity contribution in [3.05, 3.63) is 34.9 Å². The molecule has 2 rings (SSSR count). The van der Waals surface area contributed by atoms with Gasteiger partial charge in [-0.2, -0.15) is 0 Å². The first kappa shape index (κ1) is 8.40. The topological polar surface area (TPSA) is 4.93 Å². The summed E-state index contributed by atoms with van der Waals surface area (Å²) in [6.07, 6.45) is 5.29. The third-order valence-corrected chi connectivity index (χ3v) is 2.67. The highest BCUT2D eigenvalue weighted by molar-refractivity contribution is 9.10. The summed E-state index contributed by atoms with van der Waals surface area (Å²) in [6.45, 7) is 0.605. The third kappa shape index (κ3) is 1.36. The fourth-order valence-electron chi connectivity index (χ4n) is 1.43. The molecule has 0 N–H and O–H groups in total. The van der Waals surface area contributed by atoms with E-state index in [4.69, 9.17) is 6.42 Å². The second kappa shape index (κ2) is 3.27. The molecule has 2 aromatic rings. The van der Waals surface area contributed by atoms with Gasteiger partial charge in [-0.05, 0) is 28.1 Å². The fraction of sp³-hybridized carbons (Fsp3) is 0.0909. The van der Waals surface area contributed by atoms with Crippen LogP contribution in [0.25, 0.3) is 10.9 Å². The average Bonchev–Trinajstić information content (AvgIpc) is 2.44. The Hall–Kier alpha value is -1.20. The number of halogens is 1. The molecular formula is C11H8BrN. The predicted octanol–water partition coefficient (Wildman–Crippen LogP) is 3.04. The average molecular weight is 234 g/mol. The van der Waals surface area contributed by atoms with Gasteiger partial charge in [-0.3, -0.25) is 0 Å². The van der Waals surface area contributed by atoms with Crippen LogP contribution in [-0.2, 0) is 6.54 Å². The van der Waals surface area contributed by atoms with Gasteiger partial charge in [-0.25, -0.2) is 0 Å². The lowest BCUT2D eigenvalue weighted by Crippen LogP contribution is -1.94. The Morgan fingerprint density at radius 3 is 2.92 bits per heavy atom. The summed E-state index contributed by atoms with van der Waals surface area (Å²) in [5.41, 5.74) is 1.17. The maximum Gasteiger partial charge on any atom is 0.0866 e. The van der Waals surface area contributed by atoms with Gasteiger partial charge in [0.15, 0.2) is 0 Å². The molecule has 64 valence electrons. The molecule has 0 saturated heterocycles. The first-order valence-electron chi connectivity index (χ1n) is 4.00. The first-order valence-corrected chi connectivity index (χ1v) is 4.79. The van der Waals surface area contributed by atoms with Gasteiger partial charge >= 0.3 is 0 Å². The molecule has 0 atom stereocenters. The molecule has 1 heterocycles. The Balaban J connectivity index is 2.73. The molecule has 0 spiro atoms. The van der Waals surface area contributed by atoms with E-state index in [-0.39, 0.29) is 0 Å². The first-order chi connectivity index (χ1) is 6.33. The van der Waals surface area contributed by atoms with Crippen LogP contribution in [0.2, 0.25) is 0 Å². The Bertz CT molecular complexity index is 476. The molecule has 0 amide bonds. The number of benzene rings is 1. The van der Waals surface area contributed by atoms with E-state index in [1.54, 1.807) is 0 Å². The van der Waals surface area contributed by atoms with E-state index in [9.17, 15) is 0 Å². The Morgan fingerprint density at radius 1 is 1.38 bits per heavy atom. The van der Waals surface area contributed by atoms with Crippen molar-refractivity contribution >= 4 is 26.8 Å². The summed E-state index contributed by atoms with van der Waals surface area (Å²) >= 11 is 3.48. The standard InChI is InChI=1S/C11H8BrN/c1-2-7-13-10-6-4-3-5-9(10)8-11(13)12/h1,3-6,8H,7H2.